The van der Waals surface area contributed by atoms with Crippen molar-refractivity contribution in [3.05, 3.63) is 0 Å². The van der Waals surface area contributed by atoms with Crippen molar-refractivity contribution in [1.82, 2.24) is 0 Å². The van der Waals surface area contributed by atoms with Crippen LogP contribution in [0.25, 0.3) is 0 Å². The van der Waals surface area contributed by atoms with Gasteiger partial charge < -0.3 is 4.74 Å². The van der Waals surface area contributed by atoms with Gasteiger partial charge in [0.05, 0.1) is 6.61 Å². The quantitative estimate of drug-likeness (QED) is 0.628. The molecule has 1 unspecified atom stereocenters. The Hall–Kier alpha value is 0.440. The summed E-state index contributed by atoms with van der Waals surface area (Å²) in [4.78, 5) is 0. The van der Waals surface area contributed by atoms with Crippen LogP contribution < -0.4 is 0 Å². The molecule has 0 aliphatic rings. The number of ether oxygens (including phenoxy) is 1. The summed E-state index contributed by atoms with van der Waals surface area (Å²) in [5, 5.41) is 1.04. The zero-order valence-electron chi connectivity index (χ0n) is 7.82. The number of alkyl halides is 1. The van der Waals surface area contributed by atoms with Crippen molar-refractivity contribution in [3.63, 3.8) is 0 Å². The molecule has 0 rings (SSSR count). The Morgan fingerprint density at radius 2 is 2.00 bits per heavy atom. The normalized spacial score (nSPS) is 16.4. The van der Waals surface area contributed by atoms with Crippen LogP contribution in [-0.2, 0) is 4.74 Å². The van der Waals surface area contributed by atoms with Gasteiger partial charge in [0.25, 0.3) is 0 Å². The summed E-state index contributed by atoms with van der Waals surface area (Å²) >= 11 is 3.52. The van der Waals surface area contributed by atoms with Crippen molar-refractivity contribution < 1.29 is 4.74 Å². The molecule has 0 amide bonds. The highest BCUT2D eigenvalue weighted by molar-refractivity contribution is 9.09. The third kappa shape index (κ3) is 4.81. The fourth-order valence-electron chi connectivity index (χ4n) is 1.13. The highest BCUT2D eigenvalue weighted by Gasteiger charge is 2.21. The van der Waals surface area contributed by atoms with Gasteiger partial charge in [0.15, 0.2) is 0 Å². The van der Waals surface area contributed by atoms with Gasteiger partial charge in [0, 0.05) is 17.4 Å². The second-order valence-electron chi connectivity index (χ2n) is 3.33. The Bertz CT molecular complexity index is 95.6. The minimum absolute atomic E-state index is 0.338. The summed E-state index contributed by atoms with van der Waals surface area (Å²) < 4.78 is 5.41. The molecule has 1 nitrogen and oxygen atoms in total. The van der Waals surface area contributed by atoms with E-state index in [-0.39, 0.29) is 0 Å². The van der Waals surface area contributed by atoms with E-state index in [2.05, 4.69) is 29.8 Å². The van der Waals surface area contributed by atoms with E-state index in [0.29, 0.717) is 5.41 Å². The molecule has 0 N–H and O–H groups in total. The predicted molar refractivity (Wildman–Crippen MR) is 53.3 cm³/mol. The summed E-state index contributed by atoms with van der Waals surface area (Å²) in [7, 11) is 0. The molecule has 0 heterocycles. The molecule has 0 aromatic heterocycles. The van der Waals surface area contributed by atoms with Gasteiger partial charge in [0.2, 0.25) is 0 Å². The molecule has 68 valence electrons. The highest BCUT2D eigenvalue weighted by Crippen LogP contribution is 2.25. The first-order valence-electron chi connectivity index (χ1n) is 4.32. The molecule has 2 heteroatoms. The molecule has 11 heavy (non-hydrogen) atoms. The smallest absolute Gasteiger partial charge is 0.0527 e. The van der Waals surface area contributed by atoms with Gasteiger partial charge in [-0.25, -0.2) is 0 Å². The van der Waals surface area contributed by atoms with E-state index >= 15 is 0 Å². The minimum atomic E-state index is 0.338. The molecule has 1 atom stereocenters. The Morgan fingerprint density at radius 1 is 1.36 bits per heavy atom. The van der Waals surface area contributed by atoms with Crippen molar-refractivity contribution in [1.29, 1.82) is 0 Å². The van der Waals surface area contributed by atoms with Gasteiger partial charge in [-0.15, -0.1) is 0 Å². The standard InChI is InChI=1S/C9H19BrO/c1-4-6-9(3,7-10)8-11-5-2/h4-8H2,1-3H3. The first kappa shape index (κ1) is 11.4. The maximum absolute atomic E-state index is 5.41. The van der Waals surface area contributed by atoms with E-state index in [1.54, 1.807) is 0 Å². The molecule has 0 aromatic carbocycles. The number of halogens is 1. The molecule has 0 saturated heterocycles. The molecular formula is C9H19BrO. The van der Waals surface area contributed by atoms with Crippen molar-refractivity contribution in [2.24, 2.45) is 5.41 Å². The van der Waals surface area contributed by atoms with Gasteiger partial charge in [-0.1, -0.05) is 36.2 Å². The highest BCUT2D eigenvalue weighted by atomic mass is 79.9. The molecule has 0 saturated carbocycles. The van der Waals surface area contributed by atoms with Gasteiger partial charge >= 0.3 is 0 Å². The number of hydrogen-bond acceptors (Lipinski definition) is 1. The van der Waals surface area contributed by atoms with Crippen LogP contribution in [0.1, 0.15) is 33.6 Å². The summed E-state index contributed by atoms with van der Waals surface area (Å²) in [5.74, 6) is 0. The van der Waals surface area contributed by atoms with E-state index in [4.69, 9.17) is 4.74 Å². The molecule has 0 aliphatic carbocycles. The Kier molecular flexibility index (Phi) is 6.25. The summed E-state index contributed by atoms with van der Waals surface area (Å²) in [6, 6.07) is 0. The molecule has 0 fully saturated rings. The number of hydrogen-bond donors (Lipinski definition) is 0. The molecule has 0 spiro atoms. The lowest BCUT2D eigenvalue weighted by Gasteiger charge is -2.26. The summed E-state index contributed by atoms with van der Waals surface area (Å²) in [6.45, 7) is 8.23. The fraction of sp³-hybridized carbons (Fsp3) is 1.00. The first-order chi connectivity index (χ1) is 5.18. The van der Waals surface area contributed by atoms with Gasteiger partial charge in [-0.05, 0) is 13.3 Å². The van der Waals surface area contributed by atoms with Gasteiger partial charge in [0.1, 0.15) is 0 Å². The third-order valence-electron chi connectivity index (χ3n) is 1.83. The largest absolute Gasteiger partial charge is 0.381 e. The van der Waals surface area contributed by atoms with Crippen LogP contribution in [0.3, 0.4) is 0 Å². The molecule has 0 aromatic rings. The second kappa shape index (κ2) is 6.01. The van der Waals surface area contributed by atoms with Crippen molar-refractivity contribution in [3.8, 4) is 0 Å². The van der Waals surface area contributed by atoms with Gasteiger partial charge in [-0.3, -0.25) is 0 Å². The zero-order valence-corrected chi connectivity index (χ0v) is 9.41. The van der Waals surface area contributed by atoms with E-state index in [1.807, 2.05) is 6.92 Å². The lowest BCUT2D eigenvalue weighted by molar-refractivity contribution is 0.0689. The molecule has 0 aliphatic heterocycles. The van der Waals surface area contributed by atoms with Crippen LogP contribution in [-0.4, -0.2) is 18.5 Å². The predicted octanol–water partition coefficient (Wildman–Crippen LogP) is 3.22. The maximum Gasteiger partial charge on any atom is 0.0527 e. The second-order valence-corrected chi connectivity index (χ2v) is 3.89. The SMILES string of the molecule is CCCC(C)(CBr)COCC. The zero-order chi connectivity index (χ0) is 8.74. The van der Waals surface area contributed by atoms with E-state index in [9.17, 15) is 0 Å². The minimum Gasteiger partial charge on any atom is -0.381 e. The lowest BCUT2D eigenvalue weighted by atomic mass is 9.89. The topological polar surface area (TPSA) is 9.23 Å². The van der Waals surface area contributed by atoms with Crippen molar-refractivity contribution in [2.45, 2.75) is 33.6 Å². The van der Waals surface area contributed by atoms with Crippen LogP contribution in [0.2, 0.25) is 0 Å². The van der Waals surface area contributed by atoms with Crippen molar-refractivity contribution >= 4 is 15.9 Å². The Labute approximate surface area is 78.6 Å². The van der Waals surface area contributed by atoms with Crippen LogP contribution in [0, 0.1) is 5.41 Å². The molecule has 0 bridgehead atoms. The Balaban J connectivity index is 3.68. The third-order valence-corrected chi connectivity index (χ3v) is 3.18. The van der Waals surface area contributed by atoms with Crippen LogP contribution >= 0.6 is 15.9 Å². The van der Waals surface area contributed by atoms with Crippen LogP contribution in [0.15, 0.2) is 0 Å². The Morgan fingerprint density at radius 3 is 2.36 bits per heavy atom. The summed E-state index contributed by atoms with van der Waals surface area (Å²) in [6.07, 6.45) is 2.47. The monoisotopic (exact) mass is 222 g/mol. The lowest BCUT2D eigenvalue weighted by Crippen LogP contribution is -2.24. The average molecular weight is 223 g/mol. The van der Waals surface area contributed by atoms with E-state index in [0.717, 1.165) is 18.5 Å². The first-order valence-corrected chi connectivity index (χ1v) is 5.44. The number of rotatable bonds is 6. The van der Waals surface area contributed by atoms with E-state index < -0.39 is 0 Å². The molecular weight excluding hydrogens is 204 g/mol. The fourth-order valence-corrected chi connectivity index (χ4v) is 1.57. The van der Waals surface area contributed by atoms with E-state index in [1.165, 1.54) is 12.8 Å². The van der Waals surface area contributed by atoms with Crippen LogP contribution in [0.4, 0.5) is 0 Å². The maximum atomic E-state index is 5.41. The van der Waals surface area contributed by atoms with Crippen LogP contribution in [0.5, 0.6) is 0 Å². The summed E-state index contributed by atoms with van der Waals surface area (Å²) in [5.41, 5.74) is 0.338. The van der Waals surface area contributed by atoms with Gasteiger partial charge in [-0.2, -0.15) is 0 Å². The molecule has 0 radical (unpaired) electrons. The van der Waals surface area contributed by atoms with Crippen molar-refractivity contribution in [2.75, 3.05) is 18.5 Å². The average Bonchev–Trinajstić information content (AvgIpc) is 2.02.